The summed E-state index contributed by atoms with van der Waals surface area (Å²) in [6.07, 6.45) is 0. The average molecular weight is 324 g/mol. The number of ether oxygens (including phenoxy) is 1. The van der Waals surface area contributed by atoms with Crippen LogP contribution in [0.25, 0.3) is 0 Å². The second kappa shape index (κ2) is 5.81. The summed E-state index contributed by atoms with van der Waals surface area (Å²) in [6, 6.07) is 11.1. The topological polar surface area (TPSA) is 72.6 Å². The molecule has 0 saturated heterocycles. The average Bonchev–Trinajstić information content (AvgIpc) is 2.41. The van der Waals surface area contributed by atoms with Crippen molar-refractivity contribution in [2.45, 2.75) is 6.61 Å². The van der Waals surface area contributed by atoms with Crippen LogP contribution < -0.4 is 4.74 Å². The highest BCUT2D eigenvalue weighted by Gasteiger charge is 2.09. The fourth-order valence-electron chi connectivity index (χ4n) is 1.51. The maximum Gasteiger partial charge on any atom is 0.273 e. The van der Waals surface area contributed by atoms with Crippen molar-refractivity contribution < 1.29 is 14.8 Å². The van der Waals surface area contributed by atoms with Crippen LogP contribution in [0.3, 0.4) is 0 Å². The lowest BCUT2D eigenvalue weighted by atomic mass is 10.2. The van der Waals surface area contributed by atoms with Gasteiger partial charge in [-0.05, 0) is 39.7 Å². The van der Waals surface area contributed by atoms with Crippen LogP contribution in [0.2, 0.25) is 0 Å². The number of nitro benzene ring substituents is 1. The van der Waals surface area contributed by atoms with Gasteiger partial charge in [-0.3, -0.25) is 10.1 Å². The van der Waals surface area contributed by atoms with E-state index in [0.29, 0.717) is 16.0 Å². The molecule has 0 radical (unpaired) electrons. The first-order valence-electron chi connectivity index (χ1n) is 5.42. The van der Waals surface area contributed by atoms with E-state index < -0.39 is 4.92 Å². The number of benzene rings is 2. The molecule has 0 aliphatic carbocycles. The Morgan fingerprint density at radius 1 is 1.26 bits per heavy atom. The van der Waals surface area contributed by atoms with Gasteiger partial charge < -0.3 is 9.84 Å². The van der Waals surface area contributed by atoms with E-state index in [2.05, 4.69) is 15.9 Å². The Morgan fingerprint density at radius 2 is 2.05 bits per heavy atom. The molecular weight excluding hydrogens is 314 g/mol. The molecule has 0 spiro atoms. The van der Waals surface area contributed by atoms with Gasteiger partial charge in [0.2, 0.25) is 0 Å². The van der Waals surface area contributed by atoms with E-state index in [0.717, 1.165) is 5.56 Å². The van der Waals surface area contributed by atoms with Gasteiger partial charge in [0.1, 0.15) is 11.5 Å². The van der Waals surface area contributed by atoms with E-state index in [1.54, 1.807) is 30.3 Å². The molecule has 19 heavy (non-hydrogen) atoms. The van der Waals surface area contributed by atoms with Gasteiger partial charge in [0.05, 0.1) is 22.1 Å². The van der Waals surface area contributed by atoms with Gasteiger partial charge in [-0.2, -0.15) is 0 Å². The standard InChI is InChI=1S/C13H10BrNO4/c14-12-6-9(8-16)4-5-13(12)19-11-3-1-2-10(7-11)15(17)18/h1-7,16H,8H2. The molecule has 0 aromatic heterocycles. The molecule has 2 aromatic rings. The highest BCUT2D eigenvalue weighted by Crippen LogP contribution is 2.31. The molecule has 0 saturated carbocycles. The smallest absolute Gasteiger partial charge is 0.273 e. The molecule has 5 nitrogen and oxygen atoms in total. The molecule has 0 unspecified atom stereocenters. The number of hydrogen-bond donors (Lipinski definition) is 1. The number of aliphatic hydroxyl groups excluding tert-OH is 1. The van der Waals surface area contributed by atoms with Crippen molar-refractivity contribution in [3.63, 3.8) is 0 Å². The quantitative estimate of drug-likeness (QED) is 0.688. The van der Waals surface area contributed by atoms with E-state index in [4.69, 9.17) is 9.84 Å². The van der Waals surface area contributed by atoms with Crippen molar-refractivity contribution in [1.29, 1.82) is 0 Å². The minimum atomic E-state index is -0.475. The third kappa shape index (κ3) is 3.30. The SMILES string of the molecule is O=[N+]([O-])c1cccc(Oc2ccc(CO)cc2Br)c1. The number of rotatable bonds is 4. The minimum Gasteiger partial charge on any atom is -0.456 e. The van der Waals surface area contributed by atoms with Gasteiger partial charge in [-0.1, -0.05) is 12.1 Å². The third-order valence-corrected chi connectivity index (χ3v) is 3.05. The Labute approximate surface area is 117 Å². The highest BCUT2D eigenvalue weighted by atomic mass is 79.9. The Balaban J connectivity index is 2.26. The summed E-state index contributed by atoms with van der Waals surface area (Å²) in [5, 5.41) is 19.7. The minimum absolute atomic E-state index is 0.0272. The van der Waals surface area contributed by atoms with Gasteiger partial charge in [-0.15, -0.1) is 0 Å². The molecule has 2 rings (SSSR count). The Bertz CT molecular complexity index is 615. The van der Waals surface area contributed by atoms with Crippen LogP contribution in [0.1, 0.15) is 5.56 Å². The summed E-state index contributed by atoms with van der Waals surface area (Å²) < 4.78 is 6.24. The first kappa shape index (κ1) is 13.5. The fourth-order valence-corrected chi connectivity index (χ4v) is 2.02. The second-order valence-electron chi connectivity index (χ2n) is 3.78. The van der Waals surface area contributed by atoms with Crippen LogP contribution in [-0.4, -0.2) is 10.0 Å². The number of hydrogen-bond acceptors (Lipinski definition) is 4. The number of nitro groups is 1. The monoisotopic (exact) mass is 323 g/mol. The summed E-state index contributed by atoms with van der Waals surface area (Å²) in [5.41, 5.74) is 0.721. The first-order valence-corrected chi connectivity index (χ1v) is 6.21. The molecule has 0 aliphatic rings. The van der Waals surface area contributed by atoms with Crippen LogP contribution in [-0.2, 0) is 6.61 Å². The highest BCUT2D eigenvalue weighted by molar-refractivity contribution is 9.10. The Kier molecular flexibility index (Phi) is 4.13. The molecule has 1 N–H and O–H groups in total. The maximum atomic E-state index is 10.7. The molecule has 6 heteroatoms. The van der Waals surface area contributed by atoms with Crippen molar-refractivity contribution in [2.24, 2.45) is 0 Å². The lowest BCUT2D eigenvalue weighted by molar-refractivity contribution is -0.384. The fraction of sp³-hybridized carbons (Fsp3) is 0.0769. The van der Waals surface area contributed by atoms with Crippen molar-refractivity contribution in [2.75, 3.05) is 0 Å². The molecule has 0 fully saturated rings. The van der Waals surface area contributed by atoms with Gasteiger partial charge in [0.15, 0.2) is 0 Å². The van der Waals surface area contributed by atoms with Crippen molar-refractivity contribution in [3.05, 3.63) is 62.6 Å². The van der Waals surface area contributed by atoms with Crippen LogP contribution in [0, 0.1) is 10.1 Å². The largest absolute Gasteiger partial charge is 0.456 e. The zero-order chi connectivity index (χ0) is 13.8. The van der Waals surface area contributed by atoms with Crippen LogP contribution in [0.5, 0.6) is 11.5 Å². The van der Waals surface area contributed by atoms with Gasteiger partial charge >= 0.3 is 0 Å². The second-order valence-corrected chi connectivity index (χ2v) is 4.63. The summed E-state index contributed by atoms with van der Waals surface area (Å²) in [7, 11) is 0. The van der Waals surface area contributed by atoms with E-state index in [9.17, 15) is 10.1 Å². The molecule has 0 aliphatic heterocycles. The van der Waals surface area contributed by atoms with E-state index >= 15 is 0 Å². The van der Waals surface area contributed by atoms with Gasteiger partial charge in [0, 0.05) is 6.07 Å². The van der Waals surface area contributed by atoms with Crippen molar-refractivity contribution in [1.82, 2.24) is 0 Å². The molecule has 0 bridgehead atoms. The summed E-state index contributed by atoms with van der Waals surface area (Å²) in [4.78, 5) is 10.2. The van der Waals surface area contributed by atoms with Crippen molar-refractivity contribution >= 4 is 21.6 Å². The lowest BCUT2D eigenvalue weighted by Crippen LogP contribution is -1.91. The van der Waals surface area contributed by atoms with Crippen LogP contribution >= 0.6 is 15.9 Å². The molecule has 0 atom stereocenters. The summed E-state index contributed by atoms with van der Waals surface area (Å²) >= 11 is 3.32. The molecular formula is C13H10BrNO4. The van der Waals surface area contributed by atoms with Gasteiger partial charge in [0.25, 0.3) is 5.69 Å². The van der Waals surface area contributed by atoms with Gasteiger partial charge in [-0.25, -0.2) is 0 Å². The summed E-state index contributed by atoms with van der Waals surface area (Å²) in [5.74, 6) is 0.907. The molecule has 0 heterocycles. The normalized spacial score (nSPS) is 10.2. The first-order chi connectivity index (χ1) is 9.10. The van der Waals surface area contributed by atoms with E-state index in [1.165, 1.54) is 12.1 Å². The number of aliphatic hydroxyl groups is 1. The molecule has 98 valence electrons. The number of halogens is 1. The zero-order valence-corrected chi connectivity index (χ0v) is 11.3. The summed E-state index contributed by atoms with van der Waals surface area (Å²) in [6.45, 7) is -0.0598. The third-order valence-electron chi connectivity index (χ3n) is 2.44. The van der Waals surface area contributed by atoms with E-state index in [1.807, 2.05) is 0 Å². The number of non-ortho nitro benzene ring substituents is 1. The lowest BCUT2D eigenvalue weighted by Gasteiger charge is -2.08. The molecule has 0 amide bonds. The van der Waals surface area contributed by atoms with E-state index in [-0.39, 0.29) is 12.3 Å². The predicted octanol–water partition coefficient (Wildman–Crippen LogP) is 3.64. The Hall–Kier alpha value is -1.92. The Morgan fingerprint density at radius 3 is 2.68 bits per heavy atom. The van der Waals surface area contributed by atoms with Crippen LogP contribution in [0.4, 0.5) is 5.69 Å². The van der Waals surface area contributed by atoms with Crippen LogP contribution in [0.15, 0.2) is 46.9 Å². The zero-order valence-electron chi connectivity index (χ0n) is 9.75. The van der Waals surface area contributed by atoms with Crippen molar-refractivity contribution in [3.8, 4) is 11.5 Å². The molecule has 2 aromatic carbocycles. The number of nitrogens with zero attached hydrogens (tertiary/aromatic N) is 1. The maximum absolute atomic E-state index is 10.7. The predicted molar refractivity (Wildman–Crippen MR) is 73.2 cm³/mol.